The zero-order valence-electron chi connectivity index (χ0n) is 18.4. The Morgan fingerprint density at radius 2 is 2.22 bits per heavy atom. The first kappa shape index (κ1) is 26.3. The van der Waals surface area contributed by atoms with Crippen LogP contribution in [0.1, 0.15) is 31.7 Å². The largest absolute Gasteiger partial charge is 0.453 e. The molecule has 9 heteroatoms. The summed E-state index contributed by atoms with van der Waals surface area (Å²) in [5.41, 5.74) is 0.758. The van der Waals surface area contributed by atoms with Crippen LogP contribution in [0.2, 0.25) is 0 Å². The van der Waals surface area contributed by atoms with E-state index in [-0.39, 0.29) is 35.8 Å². The molecule has 2 aromatic rings. The minimum Gasteiger partial charge on any atom is -0.453 e. The number of ether oxygens (including phenoxy) is 3. The van der Waals surface area contributed by atoms with Crippen LogP contribution >= 0.6 is 24.0 Å². The highest BCUT2D eigenvalue weighted by molar-refractivity contribution is 14.0. The quantitative estimate of drug-likeness (QED) is 0.186. The number of hydrogen-bond acceptors (Lipinski definition) is 5. The van der Waals surface area contributed by atoms with Crippen molar-refractivity contribution in [3.8, 4) is 11.5 Å². The van der Waals surface area contributed by atoms with E-state index in [9.17, 15) is 4.39 Å². The predicted molar refractivity (Wildman–Crippen MR) is 133 cm³/mol. The Balaban J connectivity index is 0.00000363. The molecule has 0 amide bonds. The molecular weight excluding hydrogens is 526 g/mol. The highest BCUT2D eigenvalue weighted by Crippen LogP contribution is 2.24. The molecule has 176 valence electrons. The molecule has 1 unspecified atom stereocenters. The van der Waals surface area contributed by atoms with Crippen molar-refractivity contribution in [2.24, 2.45) is 4.99 Å². The van der Waals surface area contributed by atoms with Gasteiger partial charge in [-0.3, -0.25) is 4.98 Å². The van der Waals surface area contributed by atoms with Gasteiger partial charge in [0.25, 0.3) is 0 Å². The summed E-state index contributed by atoms with van der Waals surface area (Å²) >= 11 is 0. The van der Waals surface area contributed by atoms with Crippen LogP contribution in [0.3, 0.4) is 0 Å². The van der Waals surface area contributed by atoms with Crippen LogP contribution in [0, 0.1) is 5.82 Å². The van der Waals surface area contributed by atoms with E-state index in [4.69, 9.17) is 14.2 Å². The SMILES string of the molecule is CCNC(=NCc1ccc(Oc2cccnc2)c(F)c1)NCCCOCC1CCCO1.I. The molecule has 1 fully saturated rings. The summed E-state index contributed by atoms with van der Waals surface area (Å²) in [5, 5.41) is 6.48. The number of rotatable bonds is 11. The first-order valence-electron chi connectivity index (χ1n) is 10.8. The molecule has 3 rings (SSSR count). The number of aromatic nitrogens is 1. The van der Waals surface area contributed by atoms with Gasteiger partial charge in [-0.25, -0.2) is 9.38 Å². The summed E-state index contributed by atoms with van der Waals surface area (Å²) in [4.78, 5) is 8.50. The fourth-order valence-corrected chi connectivity index (χ4v) is 3.14. The lowest BCUT2D eigenvalue weighted by Crippen LogP contribution is -2.38. The summed E-state index contributed by atoms with van der Waals surface area (Å²) in [6.45, 7) is 6.04. The number of guanidine groups is 1. The van der Waals surface area contributed by atoms with E-state index in [2.05, 4.69) is 20.6 Å². The zero-order chi connectivity index (χ0) is 21.7. The third kappa shape index (κ3) is 9.25. The van der Waals surface area contributed by atoms with Crippen molar-refractivity contribution in [3.05, 3.63) is 54.1 Å². The monoisotopic (exact) mass is 558 g/mol. The Labute approximate surface area is 206 Å². The van der Waals surface area contributed by atoms with Crippen molar-refractivity contribution in [3.63, 3.8) is 0 Å². The summed E-state index contributed by atoms with van der Waals surface area (Å²) in [7, 11) is 0. The van der Waals surface area contributed by atoms with Crippen LogP contribution in [0.5, 0.6) is 11.5 Å². The number of aliphatic imine (C=N–C) groups is 1. The molecular formula is C23H32FIN4O3. The summed E-state index contributed by atoms with van der Waals surface area (Å²) < 4.78 is 31.1. The van der Waals surface area contributed by atoms with E-state index in [1.54, 1.807) is 36.7 Å². The molecule has 32 heavy (non-hydrogen) atoms. The van der Waals surface area contributed by atoms with Crippen molar-refractivity contribution in [1.82, 2.24) is 15.6 Å². The Kier molecular flexibility index (Phi) is 12.3. The molecule has 1 atom stereocenters. The van der Waals surface area contributed by atoms with Gasteiger partial charge >= 0.3 is 0 Å². The summed E-state index contributed by atoms with van der Waals surface area (Å²) in [6, 6.07) is 8.33. The molecule has 1 aromatic heterocycles. The second-order valence-electron chi connectivity index (χ2n) is 7.24. The van der Waals surface area contributed by atoms with Gasteiger partial charge in [-0.05, 0) is 56.0 Å². The zero-order valence-corrected chi connectivity index (χ0v) is 20.7. The number of pyridine rings is 1. The first-order chi connectivity index (χ1) is 15.2. The maximum Gasteiger partial charge on any atom is 0.191 e. The molecule has 1 aliphatic rings. The smallest absolute Gasteiger partial charge is 0.191 e. The minimum atomic E-state index is -0.432. The van der Waals surface area contributed by atoms with Gasteiger partial charge in [0.1, 0.15) is 5.75 Å². The highest BCUT2D eigenvalue weighted by atomic mass is 127. The van der Waals surface area contributed by atoms with Crippen LogP contribution in [0.25, 0.3) is 0 Å². The van der Waals surface area contributed by atoms with E-state index in [1.807, 2.05) is 6.92 Å². The van der Waals surface area contributed by atoms with Crippen molar-refractivity contribution in [1.29, 1.82) is 0 Å². The molecule has 0 bridgehead atoms. The van der Waals surface area contributed by atoms with E-state index in [1.165, 1.54) is 6.07 Å². The van der Waals surface area contributed by atoms with Crippen molar-refractivity contribution in [2.75, 3.05) is 32.9 Å². The van der Waals surface area contributed by atoms with Gasteiger partial charge in [0.2, 0.25) is 0 Å². The number of benzene rings is 1. The fourth-order valence-electron chi connectivity index (χ4n) is 3.14. The Morgan fingerprint density at radius 3 is 2.94 bits per heavy atom. The van der Waals surface area contributed by atoms with Gasteiger partial charge in [-0.1, -0.05) is 6.07 Å². The first-order valence-corrected chi connectivity index (χ1v) is 10.8. The van der Waals surface area contributed by atoms with Crippen molar-refractivity contribution >= 4 is 29.9 Å². The second kappa shape index (κ2) is 15.0. The Bertz CT molecular complexity index is 820. The molecule has 0 aliphatic carbocycles. The Morgan fingerprint density at radius 1 is 1.31 bits per heavy atom. The maximum atomic E-state index is 14.4. The van der Waals surface area contributed by atoms with E-state index >= 15 is 0 Å². The number of hydrogen-bond donors (Lipinski definition) is 2. The van der Waals surface area contributed by atoms with Crippen molar-refractivity contribution < 1.29 is 18.6 Å². The number of halogens is 2. The molecule has 2 heterocycles. The molecule has 1 aromatic carbocycles. The molecule has 1 aliphatic heterocycles. The van der Waals surface area contributed by atoms with Gasteiger partial charge in [0.15, 0.2) is 17.5 Å². The highest BCUT2D eigenvalue weighted by Gasteiger charge is 2.14. The minimum absolute atomic E-state index is 0. The van der Waals surface area contributed by atoms with Crippen LogP contribution in [0.4, 0.5) is 4.39 Å². The average molecular weight is 558 g/mol. The third-order valence-electron chi connectivity index (χ3n) is 4.71. The van der Waals surface area contributed by atoms with Crippen LogP contribution < -0.4 is 15.4 Å². The van der Waals surface area contributed by atoms with Gasteiger partial charge < -0.3 is 24.8 Å². The van der Waals surface area contributed by atoms with Crippen LogP contribution in [0.15, 0.2) is 47.7 Å². The average Bonchev–Trinajstić information content (AvgIpc) is 3.30. The summed E-state index contributed by atoms with van der Waals surface area (Å²) in [6.07, 6.45) is 6.52. The standard InChI is InChI=1S/C23H31FN4O3.HI/c1-2-26-23(27-11-5-12-29-17-20-7-4-13-30-20)28-15-18-8-9-22(21(24)14-18)31-19-6-3-10-25-16-19;/h3,6,8-10,14,16,20H,2,4-5,7,11-13,15,17H2,1H3,(H2,26,27,28);1H. The predicted octanol–water partition coefficient (Wildman–Crippen LogP) is 4.27. The normalized spacial score (nSPS) is 15.8. The molecule has 0 saturated carbocycles. The lowest BCUT2D eigenvalue weighted by atomic mass is 10.2. The van der Waals surface area contributed by atoms with Crippen molar-refractivity contribution in [2.45, 2.75) is 38.8 Å². The van der Waals surface area contributed by atoms with Crippen LogP contribution in [-0.4, -0.2) is 50.0 Å². The summed E-state index contributed by atoms with van der Waals surface area (Å²) in [5.74, 6) is 0.912. The third-order valence-corrected chi connectivity index (χ3v) is 4.71. The topological polar surface area (TPSA) is 77.0 Å². The van der Waals surface area contributed by atoms with E-state index < -0.39 is 5.82 Å². The van der Waals surface area contributed by atoms with E-state index in [0.717, 1.165) is 44.5 Å². The molecule has 7 nitrogen and oxygen atoms in total. The van der Waals surface area contributed by atoms with Crippen LogP contribution in [-0.2, 0) is 16.0 Å². The Hall–Kier alpha value is -1.98. The molecule has 0 radical (unpaired) electrons. The number of nitrogens with one attached hydrogen (secondary N) is 2. The molecule has 0 spiro atoms. The molecule has 2 N–H and O–H groups in total. The van der Waals surface area contributed by atoms with Gasteiger partial charge in [0, 0.05) is 32.5 Å². The lowest BCUT2D eigenvalue weighted by molar-refractivity contribution is 0.0168. The van der Waals surface area contributed by atoms with Gasteiger partial charge in [-0.15, -0.1) is 24.0 Å². The molecule has 1 saturated heterocycles. The van der Waals surface area contributed by atoms with E-state index in [0.29, 0.717) is 31.5 Å². The fraction of sp³-hybridized carbons (Fsp3) is 0.478. The number of nitrogens with zero attached hydrogens (tertiary/aromatic N) is 2. The van der Waals surface area contributed by atoms with Gasteiger partial charge in [-0.2, -0.15) is 0 Å². The second-order valence-corrected chi connectivity index (χ2v) is 7.24. The lowest BCUT2D eigenvalue weighted by Gasteiger charge is -2.13. The van der Waals surface area contributed by atoms with Gasteiger partial charge in [0.05, 0.1) is 25.5 Å². The maximum absolute atomic E-state index is 14.4.